The van der Waals surface area contributed by atoms with Crippen LogP contribution in [0.25, 0.3) is 11.0 Å². The van der Waals surface area contributed by atoms with Crippen LogP contribution in [0.5, 0.6) is 0 Å². The van der Waals surface area contributed by atoms with Gasteiger partial charge in [-0.05, 0) is 31.9 Å². The van der Waals surface area contributed by atoms with E-state index in [0.29, 0.717) is 12.6 Å². The minimum absolute atomic E-state index is 0.205. The number of aromatic nitrogens is 2. The number of anilines is 1. The predicted molar refractivity (Wildman–Crippen MR) is 86.0 cm³/mol. The number of carbonyl (C=O) groups is 1. The molecule has 2 aromatic rings. The molecule has 0 saturated carbocycles. The molecule has 118 valence electrons. The van der Waals surface area contributed by atoms with Gasteiger partial charge in [0.2, 0.25) is 5.95 Å². The first-order valence-electron chi connectivity index (χ1n) is 7.78. The van der Waals surface area contributed by atoms with E-state index < -0.39 is 0 Å². The van der Waals surface area contributed by atoms with Crippen LogP contribution in [0.1, 0.15) is 19.8 Å². The lowest BCUT2D eigenvalue weighted by Crippen LogP contribution is -2.42. The van der Waals surface area contributed by atoms with Gasteiger partial charge in [-0.1, -0.05) is 12.1 Å². The summed E-state index contributed by atoms with van der Waals surface area (Å²) in [7, 11) is 2.02. The number of fused-ring (bicyclic) bond motifs is 1. The van der Waals surface area contributed by atoms with Gasteiger partial charge in [-0.15, -0.1) is 0 Å². The van der Waals surface area contributed by atoms with E-state index in [1.165, 1.54) is 0 Å². The van der Waals surface area contributed by atoms with E-state index in [1.54, 1.807) is 4.90 Å². The quantitative estimate of drug-likeness (QED) is 0.947. The Morgan fingerprint density at radius 3 is 2.77 bits per heavy atom. The topological polar surface area (TPSA) is 59.4 Å². The zero-order valence-electron chi connectivity index (χ0n) is 13.1. The molecule has 0 atom stereocenters. The molecule has 2 heterocycles. The number of carbonyl (C=O) groups excluding carboxylic acids is 1. The minimum Gasteiger partial charge on any atom is -0.450 e. The second-order valence-electron chi connectivity index (χ2n) is 5.59. The first-order valence-corrected chi connectivity index (χ1v) is 7.78. The van der Waals surface area contributed by atoms with Crippen molar-refractivity contribution in [2.45, 2.75) is 25.8 Å². The number of nitrogens with one attached hydrogen (secondary N) is 1. The van der Waals surface area contributed by atoms with Gasteiger partial charge < -0.3 is 19.5 Å². The number of rotatable bonds is 3. The number of benzene rings is 1. The summed E-state index contributed by atoms with van der Waals surface area (Å²) in [6.45, 7) is 3.70. The van der Waals surface area contributed by atoms with Crippen LogP contribution in [-0.4, -0.2) is 46.3 Å². The molecule has 1 N–H and O–H groups in total. The molecule has 0 aliphatic carbocycles. The normalized spacial score (nSPS) is 16.0. The van der Waals surface area contributed by atoms with Crippen LogP contribution in [0.3, 0.4) is 0 Å². The van der Waals surface area contributed by atoms with Gasteiger partial charge in [0.15, 0.2) is 0 Å². The standard InChI is InChI=1S/C16H22N4O2/c1-3-22-16(21)20-10-8-12(9-11-20)17-15-18-13-6-4-5-7-14(13)19(15)2/h4-7,12H,3,8-11H2,1-2H3,(H,17,18). The molecular formula is C16H22N4O2. The van der Waals surface area contributed by atoms with Gasteiger partial charge in [0.25, 0.3) is 0 Å². The highest BCUT2D eigenvalue weighted by Crippen LogP contribution is 2.21. The third-order valence-electron chi connectivity index (χ3n) is 4.14. The number of imidazole rings is 1. The lowest BCUT2D eigenvalue weighted by atomic mass is 10.1. The molecule has 1 aliphatic rings. The van der Waals surface area contributed by atoms with Crippen LogP contribution in [0.2, 0.25) is 0 Å². The van der Waals surface area contributed by atoms with E-state index in [2.05, 4.69) is 20.9 Å². The lowest BCUT2D eigenvalue weighted by Gasteiger charge is -2.31. The average Bonchev–Trinajstić information content (AvgIpc) is 2.85. The molecule has 1 aromatic carbocycles. The number of piperidine rings is 1. The second-order valence-corrected chi connectivity index (χ2v) is 5.59. The zero-order valence-corrected chi connectivity index (χ0v) is 13.1. The summed E-state index contributed by atoms with van der Waals surface area (Å²) in [6.07, 6.45) is 1.60. The summed E-state index contributed by atoms with van der Waals surface area (Å²) < 4.78 is 7.12. The van der Waals surface area contributed by atoms with Crippen LogP contribution in [0.4, 0.5) is 10.7 Å². The van der Waals surface area contributed by atoms with Crippen LogP contribution in [0.15, 0.2) is 24.3 Å². The van der Waals surface area contributed by atoms with E-state index in [0.717, 1.165) is 42.9 Å². The summed E-state index contributed by atoms with van der Waals surface area (Å²) >= 11 is 0. The Morgan fingerprint density at radius 2 is 2.09 bits per heavy atom. The van der Waals surface area contributed by atoms with Crippen molar-refractivity contribution >= 4 is 23.1 Å². The molecule has 1 aromatic heterocycles. The first-order chi connectivity index (χ1) is 10.7. The highest BCUT2D eigenvalue weighted by molar-refractivity contribution is 5.78. The van der Waals surface area contributed by atoms with Crippen molar-refractivity contribution in [3.05, 3.63) is 24.3 Å². The number of amides is 1. The smallest absolute Gasteiger partial charge is 0.409 e. The van der Waals surface area contributed by atoms with Gasteiger partial charge in [0.05, 0.1) is 17.6 Å². The van der Waals surface area contributed by atoms with Crippen molar-refractivity contribution in [2.24, 2.45) is 7.05 Å². The molecule has 0 spiro atoms. The van der Waals surface area contributed by atoms with Gasteiger partial charge in [-0.25, -0.2) is 9.78 Å². The molecular weight excluding hydrogens is 280 g/mol. The number of ether oxygens (including phenoxy) is 1. The van der Waals surface area contributed by atoms with Crippen molar-refractivity contribution in [1.29, 1.82) is 0 Å². The Labute approximate surface area is 130 Å². The Balaban J connectivity index is 1.62. The van der Waals surface area contributed by atoms with Gasteiger partial charge >= 0.3 is 6.09 Å². The minimum atomic E-state index is -0.205. The summed E-state index contributed by atoms with van der Waals surface area (Å²) in [4.78, 5) is 18.1. The highest BCUT2D eigenvalue weighted by Gasteiger charge is 2.24. The zero-order chi connectivity index (χ0) is 15.5. The van der Waals surface area contributed by atoms with Gasteiger partial charge in [0, 0.05) is 26.2 Å². The number of hydrogen-bond donors (Lipinski definition) is 1. The van der Waals surface area contributed by atoms with Gasteiger partial charge in [-0.2, -0.15) is 0 Å². The van der Waals surface area contributed by atoms with Gasteiger partial charge in [-0.3, -0.25) is 0 Å². The summed E-state index contributed by atoms with van der Waals surface area (Å²) in [5.74, 6) is 0.885. The molecule has 22 heavy (non-hydrogen) atoms. The summed E-state index contributed by atoms with van der Waals surface area (Å²) in [5.41, 5.74) is 2.12. The van der Waals surface area contributed by atoms with E-state index >= 15 is 0 Å². The van der Waals surface area contributed by atoms with Crippen LogP contribution >= 0.6 is 0 Å². The third kappa shape index (κ3) is 2.86. The van der Waals surface area contributed by atoms with Crippen molar-refractivity contribution < 1.29 is 9.53 Å². The summed E-state index contributed by atoms with van der Waals surface area (Å²) in [6, 6.07) is 8.43. The Hall–Kier alpha value is -2.24. The molecule has 6 nitrogen and oxygen atoms in total. The van der Waals surface area contributed by atoms with Gasteiger partial charge in [0.1, 0.15) is 0 Å². The van der Waals surface area contributed by atoms with Crippen LogP contribution in [0, 0.1) is 0 Å². The average molecular weight is 302 g/mol. The molecule has 0 bridgehead atoms. The maximum absolute atomic E-state index is 11.7. The fourth-order valence-electron chi connectivity index (χ4n) is 2.88. The van der Waals surface area contributed by atoms with Crippen LogP contribution in [-0.2, 0) is 11.8 Å². The third-order valence-corrected chi connectivity index (χ3v) is 4.14. The van der Waals surface area contributed by atoms with Crippen molar-refractivity contribution in [3.8, 4) is 0 Å². The highest BCUT2D eigenvalue weighted by atomic mass is 16.6. The second kappa shape index (κ2) is 6.25. The van der Waals surface area contributed by atoms with Crippen molar-refractivity contribution in [2.75, 3.05) is 25.0 Å². The van der Waals surface area contributed by atoms with E-state index in [9.17, 15) is 4.79 Å². The summed E-state index contributed by atoms with van der Waals surface area (Å²) in [5, 5.41) is 3.50. The Morgan fingerprint density at radius 1 is 1.36 bits per heavy atom. The van der Waals surface area contributed by atoms with Crippen LogP contribution < -0.4 is 5.32 Å². The van der Waals surface area contributed by atoms with E-state index in [1.807, 2.05) is 32.2 Å². The molecule has 1 aliphatic heterocycles. The Bertz CT molecular complexity index is 659. The number of likely N-dealkylation sites (tertiary alicyclic amines) is 1. The maximum atomic E-state index is 11.7. The largest absolute Gasteiger partial charge is 0.450 e. The molecule has 3 rings (SSSR count). The fraction of sp³-hybridized carbons (Fsp3) is 0.500. The number of hydrogen-bond acceptors (Lipinski definition) is 4. The molecule has 0 unspecified atom stereocenters. The van der Waals surface area contributed by atoms with Crippen molar-refractivity contribution in [3.63, 3.8) is 0 Å². The Kier molecular flexibility index (Phi) is 4.18. The lowest BCUT2D eigenvalue weighted by molar-refractivity contribution is 0.0983. The van der Waals surface area contributed by atoms with E-state index in [4.69, 9.17) is 4.74 Å². The van der Waals surface area contributed by atoms with Crippen molar-refractivity contribution in [1.82, 2.24) is 14.5 Å². The maximum Gasteiger partial charge on any atom is 0.409 e. The fourth-order valence-corrected chi connectivity index (χ4v) is 2.88. The molecule has 6 heteroatoms. The molecule has 0 radical (unpaired) electrons. The predicted octanol–water partition coefficient (Wildman–Crippen LogP) is 2.61. The molecule has 1 amide bonds. The molecule has 1 fully saturated rings. The number of nitrogens with zero attached hydrogens (tertiary/aromatic N) is 3. The van der Waals surface area contributed by atoms with E-state index in [-0.39, 0.29) is 6.09 Å². The molecule has 1 saturated heterocycles. The first kappa shape index (κ1) is 14.7. The monoisotopic (exact) mass is 302 g/mol. The number of aryl methyl sites for hydroxylation is 1. The number of para-hydroxylation sites is 2. The SMILES string of the molecule is CCOC(=O)N1CCC(Nc2nc3ccccc3n2C)CC1.